The fourth-order valence-corrected chi connectivity index (χ4v) is 3.05. The quantitative estimate of drug-likeness (QED) is 0.795. The van der Waals surface area contributed by atoms with Gasteiger partial charge in [-0.25, -0.2) is 0 Å². The van der Waals surface area contributed by atoms with Crippen LogP contribution in [0, 0.1) is 5.92 Å². The van der Waals surface area contributed by atoms with Gasteiger partial charge in [-0.05, 0) is 29.4 Å². The number of hydrogen-bond acceptors (Lipinski definition) is 2. The molecule has 0 aliphatic carbocycles. The zero-order valence-electron chi connectivity index (χ0n) is 12.5. The third kappa shape index (κ3) is 4.94. The van der Waals surface area contributed by atoms with Crippen LogP contribution in [-0.2, 0) is 0 Å². The van der Waals surface area contributed by atoms with Crippen LogP contribution in [0.5, 0.6) is 0 Å². The minimum absolute atomic E-state index is 0.0127. The molecule has 2 aromatic carbocycles. The van der Waals surface area contributed by atoms with Gasteiger partial charge >= 0.3 is 0 Å². The predicted molar refractivity (Wildman–Crippen MR) is 90.4 cm³/mol. The molecule has 3 heteroatoms. The van der Waals surface area contributed by atoms with E-state index in [1.165, 1.54) is 0 Å². The highest BCUT2D eigenvalue weighted by Gasteiger charge is 2.16. The number of rotatable bonds is 6. The fraction of sp³-hybridized carbons (Fsp3) is 0.278. The van der Waals surface area contributed by atoms with Crippen LogP contribution < -0.4 is 5.32 Å². The summed E-state index contributed by atoms with van der Waals surface area (Å²) in [5.41, 5.74) is 1.83. The maximum Gasteiger partial charge on any atom is 0.252 e. The Bertz CT molecular complexity index is 554. The Morgan fingerprint density at radius 2 is 1.57 bits per heavy atom. The molecule has 1 atom stereocenters. The molecule has 1 N–H and O–H groups in total. The Morgan fingerprint density at radius 3 is 2.14 bits per heavy atom. The highest BCUT2D eigenvalue weighted by atomic mass is 32.2. The number of thioether (sulfide) groups is 1. The van der Waals surface area contributed by atoms with Crippen molar-refractivity contribution in [1.29, 1.82) is 0 Å². The van der Waals surface area contributed by atoms with E-state index >= 15 is 0 Å². The lowest BCUT2D eigenvalue weighted by Crippen LogP contribution is -2.27. The number of carbonyl (C=O) groups is 1. The molecule has 21 heavy (non-hydrogen) atoms. The molecule has 0 saturated heterocycles. The minimum atomic E-state index is -0.0271. The van der Waals surface area contributed by atoms with Gasteiger partial charge in [0.05, 0.1) is 0 Å². The SMILES string of the molecule is CC(C)CS[C@@H](NC(=O)c1ccccc1)c1ccccc1. The normalized spacial score (nSPS) is 12.1. The zero-order chi connectivity index (χ0) is 15.1. The molecule has 2 aromatic rings. The Kier molecular flexibility index (Phi) is 5.88. The molecular formula is C18H21NOS. The molecular weight excluding hydrogens is 278 g/mol. The van der Waals surface area contributed by atoms with E-state index in [2.05, 4.69) is 31.3 Å². The molecule has 0 fully saturated rings. The first-order valence-corrected chi connectivity index (χ1v) is 8.24. The van der Waals surface area contributed by atoms with Crippen molar-refractivity contribution in [2.24, 2.45) is 5.92 Å². The van der Waals surface area contributed by atoms with Gasteiger partial charge in [-0.15, -0.1) is 11.8 Å². The lowest BCUT2D eigenvalue weighted by atomic mass is 10.2. The molecule has 2 rings (SSSR count). The van der Waals surface area contributed by atoms with Gasteiger partial charge in [-0.1, -0.05) is 62.4 Å². The van der Waals surface area contributed by atoms with E-state index < -0.39 is 0 Å². The summed E-state index contributed by atoms with van der Waals surface area (Å²) in [5, 5.41) is 3.12. The Hall–Kier alpha value is -1.74. The van der Waals surface area contributed by atoms with Gasteiger partial charge in [0.1, 0.15) is 5.37 Å². The summed E-state index contributed by atoms with van der Waals surface area (Å²) in [6.07, 6.45) is 0. The molecule has 2 nitrogen and oxygen atoms in total. The highest BCUT2D eigenvalue weighted by molar-refractivity contribution is 7.99. The van der Waals surface area contributed by atoms with E-state index in [1.54, 1.807) is 11.8 Å². The first kappa shape index (κ1) is 15.6. The molecule has 0 aliphatic heterocycles. The Labute approximate surface area is 131 Å². The van der Waals surface area contributed by atoms with Gasteiger partial charge in [0.25, 0.3) is 5.91 Å². The van der Waals surface area contributed by atoms with Crippen molar-refractivity contribution in [3.63, 3.8) is 0 Å². The van der Waals surface area contributed by atoms with Crippen molar-refractivity contribution in [2.45, 2.75) is 19.2 Å². The van der Waals surface area contributed by atoms with E-state index in [-0.39, 0.29) is 11.3 Å². The number of hydrogen-bond donors (Lipinski definition) is 1. The smallest absolute Gasteiger partial charge is 0.252 e. The minimum Gasteiger partial charge on any atom is -0.336 e. The molecule has 0 unspecified atom stereocenters. The average Bonchev–Trinajstić information content (AvgIpc) is 2.52. The van der Waals surface area contributed by atoms with Crippen molar-refractivity contribution in [2.75, 3.05) is 5.75 Å². The van der Waals surface area contributed by atoms with Gasteiger partial charge in [0.2, 0.25) is 0 Å². The average molecular weight is 299 g/mol. The third-order valence-corrected chi connectivity index (χ3v) is 4.58. The van der Waals surface area contributed by atoms with Gasteiger partial charge in [0, 0.05) is 5.56 Å². The molecule has 110 valence electrons. The topological polar surface area (TPSA) is 29.1 Å². The van der Waals surface area contributed by atoms with E-state index in [9.17, 15) is 4.79 Å². The first-order valence-electron chi connectivity index (χ1n) is 7.19. The summed E-state index contributed by atoms with van der Waals surface area (Å²) in [4.78, 5) is 12.3. The summed E-state index contributed by atoms with van der Waals surface area (Å²) in [6.45, 7) is 4.38. The summed E-state index contributed by atoms with van der Waals surface area (Å²) < 4.78 is 0. The molecule has 0 aliphatic rings. The lowest BCUT2D eigenvalue weighted by molar-refractivity contribution is 0.0949. The van der Waals surface area contributed by atoms with E-state index in [0.29, 0.717) is 11.5 Å². The zero-order valence-corrected chi connectivity index (χ0v) is 13.3. The summed E-state index contributed by atoms with van der Waals surface area (Å²) in [7, 11) is 0. The van der Waals surface area contributed by atoms with Crippen LogP contribution >= 0.6 is 11.8 Å². The molecule has 0 radical (unpaired) electrons. The van der Waals surface area contributed by atoms with Crippen molar-refractivity contribution >= 4 is 17.7 Å². The van der Waals surface area contributed by atoms with Gasteiger partial charge in [-0.2, -0.15) is 0 Å². The van der Waals surface area contributed by atoms with Crippen molar-refractivity contribution < 1.29 is 4.79 Å². The predicted octanol–water partition coefficient (Wildman–Crippen LogP) is 4.50. The van der Waals surface area contributed by atoms with E-state index in [1.807, 2.05) is 48.5 Å². The highest BCUT2D eigenvalue weighted by Crippen LogP contribution is 2.28. The number of carbonyl (C=O) groups excluding carboxylic acids is 1. The molecule has 1 amide bonds. The van der Waals surface area contributed by atoms with Crippen LogP contribution in [0.25, 0.3) is 0 Å². The van der Waals surface area contributed by atoms with Crippen molar-refractivity contribution in [3.05, 3.63) is 71.8 Å². The van der Waals surface area contributed by atoms with Gasteiger partial charge < -0.3 is 5.32 Å². The van der Waals surface area contributed by atoms with Crippen molar-refractivity contribution in [1.82, 2.24) is 5.32 Å². The maximum absolute atomic E-state index is 12.3. The van der Waals surface area contributed by atoms with Crippen molar-refractivity contribution in [3.8, 4) is 0 Å². The third-order valence-electron chi connectivity index (χ3n) is 3.00. The second-order valence-electron chi connectivity index (χ2n) is 5.36. The number of benzene rings is 2. The standard InChI is InChI=1S/C18H21NOS/c1-14(2)13-21-18(16-11-7-4-8-12-16)19-17(20)15-9-5-3-6-10-15/h3-12,14,18H,13H2,1-2H3,(H,19,20)/t18-/m1/s1. The van der Waals surface area contributed by atoms with Crippen LogP contribution in [-0.4, -0.2) is 11.7 Å². The first-order chi connectivity index (χ1) is 10.2. The summed E-state index contributed by atoms with van der Waals surface area (Å²) in [5.74, 6) is 1.57. The molecule has 0 spiro atoms. The molecule has 0 aromatic heterocycles. The number of amides is 1. The summed E-state index contributed by atoms with van der Waals surface area (Å²) >= 11 is 1.77. The van der Waals surface area contributed by atoms with Crippen LogP contribution in [0.2, 0.25) is 0 Å². The molecule has 0 bridgehead atoms. The number of nitrogens with one attached hydrogen (secondary N) is 1. The second kappa shape index (κ2) is 7.89. The molecule has 0 heterocycles. The van der Waals surface area contributed by atoms with E-state index in [0.717, 1.165) is 11.3 Å². The second-order valence-corrected chi connectivity index (χ2v) is 6.50. The summed E-state index contributed by atoms with van der Waals surface area (Å²) in [6, 6.07) is 19.5. The largest absolute Gasteiger partial charge is 0.336 e. The lowest BCUT2D eigenvalue weighted by Gasteiger charge is -2.20. The maximum atomic E-state index is 12.3. The molecule has 0 saturated carbocycles. The van der Waals surface area contributed by atoms with E-state index in [4.69, 9.17) is 0 Å². The Balaban J connectivity index is 2.10. The van der Waals surface area contributed by atoms with Crippen LogP contribution in [0.3, 0.4) is 0 Å². The Morgan fingerprint density at radius 1 is 1.00 bits per heavy atom. The van der Waals surface area contributed by atoms with Crippen LogP contribution in [0.1, 0.15) is 35.1 Å². The monoisotopic (exact) mass is 299 g/mol. The van der Waals surface area contributed by atoms with Gasteiger partial charge in [0.15, 0.2) is 0 Å². The van der Waals surface area contributed by atoms with Crippen LogP contribution in [0.4, 0.5) is 0 Å². The van der Waals surface area contributed by atoms with Gasteiger partial charge in [-0.3, -0.25) is 4.79 Å². The fourth-order valence-electron chi connectivity index (χ4n) is 1.93. The van der Waals surface area contributed by atoms with Crippen LogP contribution in [0.15, 0.2) is 60.7 Å².